The molecule has 0 saturated carbocycles. The average molecular weight is 314 g/mol. The third-order valence-electron chi connectivity index (χ3n) is 3.10. The molecule has 0 aliphatic rings. The maximum Gasteiger partial charge on any atom is 0.340 e. The van der Waals surface area contributed by atoms with Gasteiger partial charge in [-0.15, -0.1) is 11.3 Å². The molecule has 0 amide bonds. The largest absolute Gasteiger partial charge is 0.465 e. The van der Waals surface area contributed by atoms with E-state index in [4.69, 9.17) is 17.0 Å². The van der Waals surface area contributed by atoms with Crippen LogP contribution in [-0.4, -0.2) is 23.7 Å². The van der Waals surface area contributed by atoms with Crippen LogP contribution in [0.15, 0.2) is 6.07 Å². The number of anilines is 1. The van der Waals surface area contributed by atoms with Gasteiger partial charge in [-0.2, -0.15) is 0 Å². The van der Waals surface area contributed by atoms with Crippen LogP contribution in [0.5, 0.6) is 0 Å². The maximum absolute atomic E-state index is 11.8. The van der Waals surface area contributed by atoms with Crippen molar-refractivity contribution in [3.05, 3.63) is 16.5 Å². The van der Waals surface area contributed by atoms with E-state index >= 15 is 0 Å². The SMILES string of the molecule is CCc1cc(C(=O)OC)c(NC(=S)NC(C)(C)CC)s1. The molecule has 0 atom stereocenters. The number of aryl methyl sites for hydroxylation is 1. The second-order valence-corrected chi connectivity index (χ2v) is 6.66. The summed E-state index contributed by atoms with van der Waals surface area (Å²) in [6, 6.07) is 1.85. The van der Waals surface area contributed by atoms with E-state index in [1.807, 2.05) is 13.0 Å². The molecule has 0 aliphatic heterocycles. The first-order valence-corrected chi connectivity index (χ1v) is 7.85. The van der Waals surface area contributed by atoms with Crippen molar-refractivity contribution in [1.29, 1.82) is 0 Å². The number of carbonyl (C=O) groups is 1. The first-order valence-electron chi connectivity index (χ1n) is 6.63. The molecule has 0 fully saturated rings. The summed E-state index contributed by atoms with van der Waals surface area (Å²) in [5, 5.41) is 7.60. The smallest absolute Gasteiger partial charge is 0.340 e. The van der Waals surface area contributed by atoms with E-state index in [0.29, 0.717) is 10.7 Å². The van der Waals surface area contributed by atoms with E-state index in [2.05, 4.69) is 31.4 Å². The minimum atomic E-state index is -0.346. The molecule has 4 nitrogen and oxygen atoms in total. The van der Waals surface area contributed by atoms with Gasteiger partial charge in [-0.05, 0) is 45.0 Å². The summed E-state index contributed by atoms with van der Waals surface area (Å²) in [7, 11) is 1.38. The highest BCUT2D eigenvalue weighted by Crippen LogP contribution is 2.29. The van der Waals surface area contributed by atoms with Crippen LogP contribution in [0.2, 0.25) is 0 Å². The summed E-state index contributed by atoms with van der Waals surface area (Å²) in [6.45, 7) is 8.30. The van der Waals surface area contributed by atoms with Crippen molar-refractivity contribution in [3.63, 3.8) is 0 Å². The van der Waals surface area contributed by atoms with Crippen molar-refractivity contribution in [1.82, 2.24) is 5.32 Å². The number of rotatable bonds is 5. The van der Waals surface area contributed by atoms with Gasteiger partial charge in [-0.1, -0.05) is 13.8 Å². The zero-order valence-corrected chi connectivity index (χ0v) is 14.3. The molecule has 0 unspecified atom stereocenters. The summed E-state index contributed by atoms with van der Waals surface area (Å²) in [5.41, 5.74) is 0.452. The summed E-state index contributed by atoms with van der Waals surface area (Å²) in [4.78, 5) is 12.9. The summed E-state index contributed by atoms with van der Waals surface area (Å²) >= 11 is 6.84. The molecule has 0 radical (unpaired) electrons. The van der Waals surface area contributed by atoms with E-state index in [9.17, 15) is 4.79 Å². The van der Waals surface area contributed by atoms with Gasteiger partial charge in [0.05, 0.1) is 12.7 Å². The van der Waals surface area contributed by atoms with Gasteiger partial charge in [0.15, 0.2) is 5.11 Å². The molecule has 112 valence electrons. The minimum absolute atomic E-state index is 0.0830. The highest BCUT2D eigenvalue weighted by atomic mass is 32.1. The molecule has 1 heterocycles. The summed E-state index contributed by atoms with van der Waals surface area (Å²) in [6.07, 6.45) is 1.82. The van der Waals surface area contributed by atoms with Crippen molar-refractivity contribution in [2.75, 3.05) is 12.4 Å². The number of hydrogen-bond acceptors (Lipinski definition) is 4. The molecule has 2 N–H and O–H groups in total. The van der Waals surface area contributed by atoms with Gasteiger partial charge >= 0.3 is 5.97 Å². The van der Waals surface area contributed by atoms with Crippen molar-refractivity contribution in [2.45, 2.75) is 46.1 Å². The number of nitrogens with one attached hydrogen (secondary N) is 2. The van der Waals surface area contributed by atoms with Gasteiger partial charge in [0.2, 0.25) is 0 Å². The molecule has 1 aromatic rings. The lowest BCUT2D eigenvalue weighted by Gasteiger charge is -2.26. The Balaban J connectivity index is 2.88. The van der Waals surface area contributed by atoms with Crippen molar-refractivity contribution in [2.24, 2.45) is 0 Å². The molecule has 1 rings (SSSR count). The zero-order valence-electron chi connectivity index (χ0n) is 12.6. The Bertz CT molecular complexity index is 495. The quantitative estimate of drug-likeness (QED) is 0.643. The van der Waals surface area contributed by atoms with Crippen LogP contribution in [0.1, 0.15) is 49.4 Å². The molecule has 0 bridgehead atoms. The average Bonchev–Trinajstić information content (AvgIpc) is 2.80. The van der Waals surface area contributed by atoms with Gasteiger partial charge in [0, 0.05) is 10.4 Å². The Morgan fingerprint density at radius 2 is 2.10 bits per heavy atom. The van der Waals surface area contributed by atoms with Gasteiger partial charge < -0.3 is 15.4 Å². The van der Waals surface area contributed by atoms with Crippen LogP contribution in [0.3, 0.4) is 0 Å². The Kier molecular flexibility index (Phi) is 5.95. The lowest BCUT2D eigenvalue weighted by atomic mass is 10.0. The molecular weight excluding hydrogens is 292 g/mol. The normalized spacial score (nSPS) is 11.1. The van der Waals surface area contributed by atoms with Crippen LogP contribution in [0.4, 0.5) is 5.00 Å². The predicted molar refractivity (Wildman–Crippen MR) is 88.8 cm³/mol. The van der Waals surface area contributed by atoms with Gasteiger partial charge in [-0.3, -0.25) is 0 Å². The number of ether oxygens (including phenoxy) is 1. The van der Waals surface area contributed by atoms with E-state index in [1.165, 1.54) is 18.4 Å². The van der Waals surface area contributed by atoms with Crippen LogP contribution in [0, 0.1) is 0 Å². The van der Waals surface area contributed by atoms with Gasteiger partial charge in [0.25, 0.3) is 0 Å². The third-order valence-corrected chi connectivity index (χ3v) is 4.50. The van der Waals surface area contributed by atoms with Crippen LogP contribution in [-0.2, 0) is 11.2 Å². The Hall–Kier alpha value is -1.14. The Morgan fingerprint density at radius 1 is 1.45 bits per heavy atom. The summed E-state index contributed by atoms with van der Waals surface area (Å²) in [5.74, 6) is -0.346. The first-order chi connectivity index (χ1) is 9.32. The van der Waals surface area contributed by atoms with E-state index < -0.39 is 0 Å². The van der Waals surface area contributed by atoms with E-state index in [1.54, 1.807) is 0 Å². The number of methoxy groups -OCH3 is 1. The standard InChI is InChI=1S/C14H22N2O2S2/c1-6-9-8-10(12(17)18-5)11(20-9)15-13(19)16-14(3,4)7-2/h8H,6-7H2,1-5H3,(H2,15,16,19). The van der Waals surface area contributed by atoms with Crippen molar-refractivity contribution in [3.8, 4) is 0 Å². The second kappa shape index (κ2) is 7.04. The number of hydrogen-bond donors (Lipinski definition) is 2. The number of esters is 1. The molecule has 0 spiro atoms. The van der Waals surface area contributed by atoms with Crippen LogP contribution >= 0.6 is 23.6 Å². The number of thiocarbonyl (C=S) groups is 1. The fraction of sp³-hybridized carbons (Fsp3) is 0.571. The molecule has 0 aliphatic carbocycles. The Labute approximate surface area is 129 Å². The maximum atomic E-state index is 11.8. The fourth-order valence-electron chi connectivity index (χ4n) is 1.50. The first kappa shape index (κ1) is 16.9. The highest BCUT2D eigenvalue weighted by molar-refractivity contribution is 7.80. The molecule has 0 aromatic carbocycles. The predicted octanol–water partition coefficient (Wildman–Crippen LogP) is 3.57. The molecule has 0 saturated heterocycles. The zero-order chi connectivity index (χ0) is 15.3. The topological polar surface area (TPSA) is 50.4 Å². The van der Waals surface area contributed by atoms with E-state index in [-0.39, 0.29) is 11.5 Å². The molecule has 6 heteroatoms. The van der Waals surface area contributed by atoms with Gasteiger partial charge in [0.1, 0.15) is 5.00 Å². The van der Waals surface area contributed by atoms with E-state index in [0.717, 1.165) is 22.7 Å². The summed E-state index contributed by atoms with van der Waals surface area (Å²) < 4.78 is 4.80. The number of thiophene rings is 1. The molecule has 1 aromatic heterocycles. The fourth-order valence-corrected chi connectivity index (χ4v) is 2.93. The Morgan fingerprint density at radius 3 is 2.60 bits per heavy atom. The van der Waals surface area contributed by atoms with Crippen molar-refractivity contribution >= 4 is 39.6 Å². The van der Waals surface area contributed by atoms with Crippen molar-refractivity contribution < 1.29 is 9.53 Å². The third kappa shape index (κ3) is 4.45. The lowest BCUT2D eigenvalue weighted by Crippen LogP contribution is -2.44. The minimum Gasteiger partial charge on any atom is -0.465 e. The number of carbonyl (C=O) groups excluding carboxylic acids is 1. The van der Waals surface area contributed by atoms with Crippen LogP contribution in [0.25, 0.3) is 0 Å². The second-order valence-electron chi connectivity index (χ2n) is 5.12. The monoisotopic (exact) mass is 314 g/mol. The van der Waals surface area contributed by atoms with Crippen LogP contribution < -0.4 is 10.6 Å². The highest BCUT2D eigenvalue weighted by Gasteiger charge is 2.20. The van der Waals surface area contributed by atoms with Gasteiger partial charge in [-0.25, -0.2) is 4.79 Å². The molecular formula is C14H22N2O2S2. The molecule has 20 heavy (non-hydrogen) atoms. The lowest BCUT2D eigenvalue weighted by molar-refractivity contribution is 0.0602.